The summed E-state index contributed by atoms with van der Waals surface area (Å²) in [5.41, 5.74) is 3.28. The maximum absolute atomic E-state index is 13.9. The highest BCUT2D eigenvalue weighted by Crippen LogP contribution is 2.35. The molecule has 1 fully saturated rings. The number of halogens is 2. The molecule has 4 rings (SSSR count). The van der Waals surface area contributed by atoms with E-state index in [2.05, 4.69) is 40.0 Å². The molecule has 0 saturated carbocycles. The van der Waals surface area contributed by atoms with Gasteiger partial charge in [-0.25, -0.2) is 9.37 Å². The van der Waals surface area contributed by atoms with Crippen LogP contribution in [0.1, 0.15) is 60.5 Å². The number of aryl methyl sites for hydroxylation is 2. The number of aromatic nitrogens is 1. The molecule has 3 heterocycles. The van der Waals surface area contributed by atoms with Crippen LogP contribution in [0.3, 0.4) is 0 Å². The molecule has 8 heteroatoms. The van der Waals surface area contributed by atoms with E-state index < -0.39 is 17.8 Å². The molecule has 0 amide bonds. The summed E-state index contributed by atoms with van der Waals surface area (Å²) < 4.78 is 14.3. The number of rotatable bonds is 10. The molecule has 0 spiro atoms. The Morgan fingerprint density at radius 3 is 2.94 bits per heavy atom. The molecule has 2 aromatic rings. The van der Waals surface area contributed by atoms with Gasteiger partial charge in [0.1, 0.15) is 17.7 Å². The Kier molecular flexibility index (Phi) is 8.76. The van der Waals surface area contributed by atoms with Crippen molar-refractivity contribution in [1.82, 2.24) is 9.88 Å². The largest absolute Gasteiger partial charge is 0.480 e. The monoisotopic (exact) mass is 581 g/mol. The Hall–Kier alpha value is -1.78. The van der Waals surface area contributed by atoms with Gasteiger partial charge in [0.25, 0.3) is 0 Å². The van der Waals surface area contributed by atoms with E-state index in [9.17, 15) is 19.4 Å². The van der Waals surface area contributed by atoms with Crippen molar-refractivity contribution in [2.24, 2.45) is 5.92 Å². The Labute approximate surface area is 214 Å². The number of aliphatic hydroxyl groups excluding tert-OH is 1. The number of benzene rings is 1. The molecule has 0 aliphatic carbocycles. The summed E-state index contributed by atoms with van der Waals surface area (Å²) in [5, 5.41) is 23.0. The standard InChI is InChI=1S/C26H33FIN3O3/c27-20-9-7-19(16-32)22(14-20)24(26(33)34)31-13-11-18(15-31)23(28)6-2-1-5-21-10-8-17-4-3-12-29-25(17)30-21/h7-10,14,18,23-24,32H,1-6,11-13,15-16H2,(H,29,30)(H,33,34)/t18?,23-,24+/m1/s1. The fourth-order valence-electron chi connectivity index (χ4n) is 5.18. The molecule has 2 aliphatic heterocycles. The summed E-state index contributed by atoms with van der Waals surface area (Å²) in [6.45, 7) is 2.03. The fourth-order valence-corrected chi connectivity index (χ4v) is 6.21. The summed E-state index contributed by atoms with van der Waals surface area (Å²) in [4.78, 5) is 18.8. The van der Waals surface area contributed by atoms with E-state index in [0.29, 0.717) is 34.1 Å². The molecule has 1 saturated heterocycles. The van der Waals surface area contributed by atoms with Crippen molar-refractivity contribution >= 4 is 34.4 Å². The lowest BCUT2D eigenvalue weighted by atomic mass is 9.98. The van der Waals surface area contributed by atoms with Gasteiger partial charge in [0, 0.05) is 22.7 Å². The lowest BCUT2D eigenvalue weighted by Gasteiger charge is -2.27. The summed E-state index contributed by atoms with van der Waals surface area (Å²) >= 11 is 2.51. The summed E-state index contributed by atoms with van der Waals surface area (Å²) in [6.07, 6.45) is 7.45. The normalized spacial score (nSPS) is 19.9. The number of alkyl halides is 1. The first-order valence-electron chi connectivity index (χ1n) is 12.2. The molecular weight excluding hydrogens is 548 g/mol. The highest BCUT2D eigenvalue weighted by atomic mass is 127. The van der Waals surface area contributed by atoms with Crippen LogP contribution in [0.5, 0.6) is 0 Å². The molecule has 3 N–H and O–H groups in total. The minimum absolute atomic E-state index is 0.305. The number of fused-ring (bicyclic) bond motifs is 1. The predicted molar refractivity (Wildman–Crippen MR) is 139 cm³/mol. The zero-order valence-corrected chi connectivity index (χ0v) is 21.5. The van der Waals surface area contributed by atoms with Gasteiger partial charge in [0.05, 0.1) is 6.61 Å². The average molecular weight is 581 g/mol. The minimum Gasteiger partial charge on any atom is -0.480 e. The predicted octanol–water partition coefficient (Wildman–Crippen LogP) is 4.74. The van der Waals surface area contributed by atoms with Crippen molar-refractivity contribution in [3.8, 4) is 0 Å². The third kappa shape index (κ3) is 6.07. The Balaban J connectivity index is 1.28. The molecule has 3 atom stereocenters. The van der Waals surface area contributed by atoms with Crippen LogP contribution >= 0.6 is 22.6 Å². The highest BCUT2D eigenvalue weighted by molar-refractivity contribution is 14.1. The molecule has 1 aromatic carbocycles. The molecule has 0 bridgehead atoms. The van der Waals surface area contributed by atoms with Crippen LogP contribution in [0.2, 0.25) is 0 Å². The second-order valence-electron chi connectivity index (χ2n) is 9.39. The van der Waals surface area contributed by atoms with Crippen molar-refractivity contribution < 1.29 is 19.4 Å². The van der Waals surface area contributed by atoms with Crippen molar-refractivity contribution in [2.75, 3.05) is 25.0 Å². The van der Waals surface area contributed by atoms with Gasteiger partial charge < -0.3 is 15.5 Å². The molecule has 1 aromatic heterocycles. The maximum atomic E-state index is 13.9. The van der Waals surface area contributed by atoms with Crippen LogP contribution in [-0.2, 0) is 24.2 Å². The zero-order chi connectivity index (χ0) is 24.1. The van der Waals surface area contributed by atoms with Gasteiger partial charge in [-0.3, -0.25) is 9.69 Å². The minimum atomic E-state index is -1.00. The number of unbranched alkanes of at least 4 members (excludes halogenated alkanes) is 1. The molecular formula is C26H33FIN3O3. The van der Waals surface area contributed by atoms with Crippen molar-refractivity contribution in [1.29, 1.82) is 0 Å². The Bertz CT molecular complexity index is 1010. The van der Waals surface area contributed by atoms with Crippen LogP contribution in [0.4, 0.5) is 10.2 Å². The Morgan fingerprint density at radius 1 is 1.29 bits per heavy atom. The first kappa shape index (κ1) is 25.3. The van der Waals surface area contributed by atoms with Gasteiger partial charge in [0.2, 0.25) is 0 Å². The third-order valence-electron chi connectivity index (χ3n) is 7.05. The number of likely N-dealkylation sites (tertiary alicyclic amines) is 1. The average Bonchev–Trinajstić information content (AvgIpc) is 3.31. The molecule has 184 valence electrons. The SMILES string of the molecule is O=C(O)[C@H](c1cc(F)ccc1CO)N1CCC([C@H](I)CCCCc2ccc3c(n2)NCCC3)C1. The summed E-state index contributed by atoms with van der Waals surface area (Å²) in [6, 6.07) is 7.42. The number of anilines is 1. The molecule has 6 nitrogen and oxygen atoms in total. The molecule has 0 radical (unpaired) electrons. The number of pyridine rings is 1. The number of carboxylic acids is 1. The van der Waals surface area contributed by atoms with Crippen molar-refractivity contribution in [2.45, 2.75) is 61.5 Å². The van der Waals surface area contributed by atoms with Crippen LogP contribution in [0.25, 0.3) is 0 Å². The van der Waals surface area contributed by atoms with Gasteiger partial charge in [-0.15, -0.1) is 0 Å². The summed E-state index contributed by atoms with van der Waals surface area (Å²) in [5.74, 6) is -0.0278. The number of hydrogen-bond donors (Lipinski definition) is 3. The van der Waals surface area contributed by atoms with Gasteiger partial charge >= 0.3 is 5.97 Å². The van der Waals surface area contributed by atoms with Crippen LogP contribution < -0.4 is 5.32 Å². The molecule has 2 aliphatic rings. The van der Waals surface area contributed by atoms with Gasteiger partial charge in [-0.05, 0) is 85.9 Å². The Morgan fingerprint density at radius 2 is 2.15 bits per heavy atom. The molecule has 1 unspecified atom stereocenters. The van der Waals surface area contributed by atoms with Crippen molar-refractivity contribution in [3.63, 3.8) is 0 Å². The van der Waals surface area contributed by atoms with Gasteiger partial charge in [-0.2, -0.15) is 0 Å². The van der Waals surface area contributed by atoms with Crippen LogP contribution in [0.15, 0.2) is 30.3 Å². The van der Waals surface area contributed by atoms with E-state index in [-0.39, 0.29) is 6.61 Å². The molecule has 34 heavy (non-hydrogen) atoms. The van der Waals surface area contributed by atoms with Crippen LogP contribution in [-0.4, -0.2) is 49.6 Å². The topological polar surface area (TPSA) is 85.7 Å². The quantitative estimate of drug-likeness (QED) is 0.214. The van der Waals surface area contributed by atoms with E-state index in [1.54, 1.807) is 0 Å². The number of nitrogens with zero attached hydrogens (tertiary/aromatic N) is 2. The van der Waals surface area contributed by atoms with E-state index in [1.807, 2.05) is 4.90 Å². The second kappa shape index (κ2) is 11.8. The lowest BCUT2D eigenvalue weighted by molar-refractivity contribution is -0.143. The van der Waals surface area contributed by atoms with E-state index in [0.717, 1.165) is 56.6 Å². The number of nitrogens with one attached hydrogen (secondary N) is 1. The smallest absolute Gasteiger partial charge is 0.325 e. The maximum Gasteiger partial charge on any atom is 0.325 e. The number of carbonyl (C=O) groups is 1. The van der Waals surface area contributed by atoms with E-state index >= 15 is 0 Å². The lowest BCUT2D eigenvalue weighted by Crippen LogP contribution is -2.34. The zero-order valence-electron chi connectivity index (χ0n) is 19.4. The number of aliphatic carboxylic acids is 1. The second-order valence-corrected chi connectivity index (χ2v) is 11.0. The van der Waals surface area contributed by atoms with Crippen molar-refractivity contribution in [3.05, 3.63) is 58.5 Å². The van der Waals surface area contributed by atoms with E-state index in [4.69, 9.17) is 4.98 Å². The highest BCUT2D eigenvalue weighted by Gasteiger charge is 2.36. The number of carboxylic acid groups (broad SMARTS) is 1. The van der Waals surface area contributed by atoms with E-state index in [1.165, 1.54) is 30.2 Å². The first-order valence-corrected chi connectivity index (χ1v) is 13.4. The van der Waals surface area contributed by atoms with Gasteiger partial charge in [-0.1, -0.05) is 41.1 Å². The third-order valence-corrected chi connectivity index (χ3v) is 8.69. The first-order chi connectivity index (χ1) is 16.5. The number of aliphatic hydroxyl groups is 1. The number of hydrogen-bond acceptors (Lipinski definition) is 5. The van der Waals surface area contributed by atoms with Crippen LogP contribution in [0, 0.1) is 11.7 Å². The summed E-state index contributed by atoms with van der Waals surface area (Å²) in [7, 11) is 0. The fraction of sp³-hybridized carbons (Fsp3) is 0.538. The van der Waals surface area contributed by atoms with Gasteiger partial charge in [0.15, 0.2) is 0 Å².